The molecule has 1 saturated carbocycles. The molecule has 1 N–H and O–H groups in total. The van der Waals surface area contributed by atoms with Gasteiger partial charge in [-0.2, -0.15) is 0 Å². The number of carbonyl (C=O) groups excluding carboxylic acids is 2. The number of nitrogens with zero attached hydrogens (tertiary/aromatic N) is 1. The van der Waals surface area contributed by atoms with Crippen LogP contribution in [0.3, 0.4) is 0 Å². The molecule has 3 rings (SSSR count). The van der Waals surface area contributed by atoms with Crippen LogP contribution in [0.5, 0.6) is 0 Å². The van der Waals surface area contributed by atoms with Crippen LogP contribution < -0.4 is 4.72 Å². The number of carbonyl (C=O) groups is 2. The zero-order valence-electron chi connectivity index (χ0n) is 13.0. The topological polar surface area (TPSA) is 83.6 Å². The summed E-state index contributed by atoms with van der Waals surface area (Å²) in [4.78, 5) is 26.5. The van der Waals surface area contributed by atoms with Gasteiger partial charge >= 0.3 is 0 Å². The molecule has 1 heterocycles. The third kappa shape index (κ3) is 2.90. The van der Waals surface area contributed by atoms with Crippen molar-refractivity contribution in [3.05, 3.63) is 35.4 Å². The van der Waals surface area contributed by atoms with E-state index in [0.717, 1.165) is 12.8 Å². The van der Waals surface area contributed by atoms with E-state index in [0.29, 0.717) is 24.0 Å². The van der Waals surface area contributed by atoms with E-state index in [1.165, 1.54) is 4.90 Å². The number of amides is 2. The molecule has 6 nitrogen and oxygen atoms in total. The number of rotatable bonds is 4. The lowest BCUT2D eigenvalue weighted by molar-refractivity contribution is 0.0517. The molecule has 7 heteroatoms. The Morgan fingerprint density at radius 3 is 2.22 bits per heavy atom. The summed E-state index contributed by atoms with van der Waals surface area (Å²) in [6.45, 7) is 1.57. The van der Waals surface area contributed by atoms with Crippen molar-refractivity contribution in [3.63, 3.8) is 0 Å². The van der Waals surface area contributed by atoms with Gasteiger partial charge in [0.25, 0.3) is 11.8 Å². The third-order valence-electron chi connectivity index (χ3n) is 4.60. The molecule has 2 atom stereocenters. The second kappa shape index (κ2) is 6.05. The fraction of sp³-hybridized carbons (Fsp3) is 0.500. The normalized spacial score (nSPS) is 24.8. The number of sulfonamides is 1. The molecule has 1 aliphatic carbocycles. The molecule has 0 saturated heterocycles. The third-order valence-corrected chi connectivity index (χ3v) is 6.02. The highest BCUT2D eigenvalue weighted by Crippen LogP contribution is 2.31. The molecule has 1 aromatic carbocycles. The van der Waals surface area contributed by atoms with Crippen LogP contribution >= 0.6 is 0 Å². The van der Waals surface area contributed by atoms with E-state index in [-0.39, 0.29) is 17.6 Å². The van der Waals surface area contributed by atoms with E-state index >= 15 is 0 Å². The van der Waals surface area contributed by atoms with Crippen LogP contribution in [-0.4, -0.2) is 43.0 Å². The van der Waals surface area contributed by atoms with Crippen molar-refractivity contribution in [1.82, 2.24) is 9.62 Å². The Hall–Kier alpha value is -1.73. The first-order chi connectivity index (χ1) is 10.9. The molecule has 0 bridgehead atoms. The SMILES string of the molecule is CCS(=O)(=O)NC1CCCCC1N1C(=O)c2ccccc2C1=O. The highest BCUT2D eigenvalue weighted by Gasteiger charge is 2.43. The van der Waals surface area contributed by atoms with Crippen molar-refractivity contribution in [2.75, 3.05) is 5.75 Å². The van der Waals surface area contributed by atoms with Gasteiger partial charge in [-0.15, -0.1) is 0 Å². The molecule has 1 aromatic rings. The lowest BCUT2D eigenvalue weighted by atomic mass is 9.90. The van der Waals surface area contributed by atoms with Crippen LogP contribution in [0.4, 0.5) is 0 Å². The molecule has 1 fully saturated rings. The van der Waals surface area contributed by atoms with Gasteiger partial charge in [-0.05, 0) is 31.9 Å². The first-order valence-electron chi connectivity index (χ1n) is 7.91. The number of fused-ring (bicyclic) bond motifs is 1. The van der Waals surface area contributed by atoms with E-state index in [1.54, 1.807) is 31.2 Å². The maximum absolute atomic E-state index is 12.6. The number of hydrogen-bond donors (Lipinski definition) is 1. The Bertz CT molecular complexity index is 709. The molecule has 2 aliphatic rings. The van der Waals surface area contributed by atoms with Crippen molar-refractivity contribution >= 4 is 21.8 Å². The Kier molecular flexibility index (Phi) is 4.25. The number of benzene rings is 1. The van der Waals surface area contributed by atoms with Crippen LogP contribution in [0.1, 0.15) is 53.3 Å². The molecular formula is C16H20N2O4S. The summed E-state index contributed by atoms with van der Waals surface area (Å²) in [6.07, 6.45) is 3.03. The fourth-order valence-corrected chi connectivity index (χ4v) is 4.28. The van der Waals surface area contributed by atoms with Gasteiger partial charge in [-0.3, -0.25) is 14.5 Å². The Labute approximate surface area is 135 Å². The Balaban J connectivity index is 1.90. The summed E-state index contributed by atoms with van der Waals surface area (Å²) in [6, 6.07) is 5.92. The first kappa shape index (κ1) is 16.1. The van der Waals surface area contributed by atoms with Crippen LogP contribution in [0, 0.1) is 0 Å². The van der Waals surface area contributed by atoms with Gasteiger partial charge in [0, 0.05) is 6.04 Å². The van der Waals surface area contributed by atoms with Gasteiger partial charge in [0.05, 0.1) is 22.9 Å². The van der Waals surface area contributed by atoms with Gasteiger partial charge in [-0.25, -0.2) is 13.1 Å². The molecule has 2 unspecified atom stereocenters. The quantitative estimate of drug-likeness (QED) is 0.845. The highest BCUT2D eigenvalue weighted by molar-refractivity contribution is 7.89. The van der Waals surface area contributed by atoms with E-state index < -0.39 is 22.1 Å². The van der Waals surface area contributed by atoms with Gasteiger partial charge in [0.1, 0.15) is 0 Å². The number of hydrogen-bond acceptors (Lipinski definition) is 4. The Morgan fingerprint density at radius 2 is 1.65 bits per heavy atom. The zero-order valence-corrected chi connectivity index (χ0v) is 13.8. The maximum atomic E-state index is 12.6. The fourth-order valence-electron chi connectivity index (χ4n) is 3.38. The van der Waals surface area contributed by atoms with Crippen LogP contribution in [0.2, 0.25) is 0 Å². The monoisotopic (exact) mass is 336 g/mol. The Morgan fingerprint density at radius 1 is 1.09 bits per heavy atom. The van der Waals surface area contributed by atoms with Crippen LogP contribution in [-0.2, 0) is 10.0 Å². The van der Waals surface area contributed by atoms with Gasteiger partial charge in [0.2, 0.25) is 10.0 Å². The summed E-state index contributed by atoms with van der Waals surface area (Å²) >= 11 is 0. The number of nitrogens with one attached hydrogen (secondary N) is 1. The van der Waals surface area contributed by atoms with E-state index in [1.807, 2.05) is 0 Å². The maximum Gasteiger partial charge on any atom is 0.261 e. The van der Waals surface area contributed by atoms with Crippen LogP contribution in [0.25, 0.3) is 0 Å². The second-order valence-electron chi connectivity index (χ2n) is 6.01. The van der Waals surface area contributed by atoms with Crippen molar-refractivity contribution < 1.29 is 18.0 Å². The molecule has 0 radical (unpaired) electrons. The van der Waals surface area contributed by atoms with Crippen LogP contribution in [0.15, 0.2) is 24.3 Å². The lowest BCUT2D eigenvalue weighted by Gasteiger charge is -2.36. The average molecular weight is 336 g/mol. The van der Waals surface area contributed by atoms with E-state index in [2.05, 4.69) is 4.72 Å². The first-order valence-corrected chi connectivity index (χ1v) is 9.57. The summed E-state index contributed by atoms with van der Waals surface area (Å²) < 4.78 is 26.5. The summed E-state index contributed by atoms with van der Waals surface area (Å²) in [5, 5.41) is 0. The van der Waals surface area contributed by atoms with Crippen molar-refractivity contribution in [2.45, 2.75) is 44.7 Å². The molecular weight excluding hydrogens is 316 g/mol. The minimum atomic E-state index is -3.38. The number of imide groups is 1. The molecule has 0 spiro atoms. The lowest BCUT2D eigenvalue weighted by Crippen LogP contribution is -2.55. The second-order valence-corrected chi connectivity index (χ2v) is 8.05. The average Bonchev–Trinajstić information content (AvgIpc) is 2.80. The van der Waals surface area contributed by atoms with Crippen molar-refractivity contribution in [3.8, 4) is 0 Å². The van der Waals surface area contributed by atoms with Gasteiger partial charge < -0.3 is 0 Å². The standard InChI is InChI=1S/C16H20N2O4S/c1-2-23(21,22)17-13-9-5-6-10-14(13)18-15(19)11-7-3-4-8-12(11)16(18)20/h3-4,7-8,13-14,17H,2,5-6,9-10H2,1H3. The molecule has 23 heavy (non-hydrogen) atoms. The van der Waals surface area contributed by atoms with Crippen molar-refractivity contribution in [1.29, 1.82) is 0 Å². The van der Waals surface area contributed by atoms with Gasteiger partial charge in [0.15, 0.2) is 0 Å². The largest absolute Gasteiger partial charge is 0.270 e. The smallest absolute Gasteiger partial charge is 0.261 e. The molecule has 124 valence electrons. The minimum Gasteiger partial charge on any atom is -0.270 e. The molecule has 2 amide bonds. The highest BCUT2D eigenvalue weighted by atomic mass is 32.2. The minimum absolute atomic E-state index is 0.0155. The molecule has 0 aromatic heterocycles. The van der Waals surface area contributed by atoms with Gasteiger partial charge in [-0.1, -0.05) is 25.0 Å². The molecule has 1 aliphatic heterocycles. The summed E-state index contributed by atoms with van der Waals surface area (Å²) in [5.41, 5.74) is 0.806. The van der Waals surface area contributed by atoms with E-state index in [4.69, 9.17) is 0 Å². The predicted molar refractivity (Wildman–Crippen MR) is 85.6 cm³/mol. The zero-order chi connectivity index (χ0) is 16.6. The predicted octanol–water partition coefficient (Wildman–Crippen LogP) is 1.53. The van der Waals surface area contributed by atoms with E-state index in [9.17, 15) is 18.0 Å². The van der Waals surface area contributed by atoms with Crippen molar-refractivity contribution in [2.24, 2.45) is 0 Å². The summed E-state index contributed by atoms with van der Waals surface area (Å²) in [7, 11) is -3.38. The summed E-state index contributed by atoms with van der Waals surface area (Å²) in [5.74, 6) is -0.658.